The van der Waals surface area contributed by atoms with E-state index in [-0.39, 0.29) is 11.5 Å². The van der Waals surface area contributed by atoms with Crippen molar-refractivity contribution < 1.29 is 9.18 Å². The average molecular weight is 283 g/mol. The molecule has 0 bridgehead atoms. The van der Waals surface area contributed by atoms with Crippen LogP contribution in [0.5, 0.6) is 0 Å². The number of amides is 1. The third-order valence-electron chi connectivity index (χ3n) is 3.76. The summed E-state index contributed by atoms with van der Waals surface area (Å²) >= 11 is 0. The topological polar surface area (TPSA) is 57.8 Å². The Bertz CT molecular complexity index is 771. The fraction of sp³-hybridized carbons (Fsp3) is 0.250. The minimum Gasteiger partial charge on any atom is -0.350 e. The van der Waals surface area contributed by atoms with Crippen molar-refractivity contribution in [2.45, 2.75) is 26.3 Å². The lowest BCUT2D eigenvalue weighted by Gasteiger charge is -2.07. The van der Waals surface area contributed by atoms with Crippen LogP contribution in [-0.4, -0.2) is 10.5 Å². The second-order valence-electron chi connectivity index (χ2n) is 5.19. The summed E-state index contributed by atoms with van der Waals surface area (Å²) in [5.74, 6) is -0.796. The summed E-state index contributed by atoms with van der Waals surface area (Å²) in [7, 11) is 0. The van der Waals surface area contributed by atoms with Crippen LogP contribution in [0.2, 0.25) is 0 Å². The molecule has 0 spiro atoms. The number of benzene rings is 1. The van der Waals surface area contributed by atoms with Gasteiger partial charge in [0.25, 0.3) is 5.91 Å². The van der Waals surface area contributed by atoms with Gasteiger partial charge in [-0.1, -0.05) is 0 Å². The summed E-state index contributed by atoms with van der Waals surface area (Å²) in [6.07, 6.45) is 3.93. The van der Waals surface area contributed by atoms with Crippen LogP contribution >= 0.6 is 0 Å². The van der Waals surface area contributed by atoms with Gasteiger partial charge in [0.15, 0.2) is 0 Å². The van der Waals surface area contributed by atoms with Gasteiger partial charge in [-0.25, -0.2) is 4.39 Å². The van der Waals surface area contributed by atoms with Gasteiger partial charge < -0.3 is 9.88 Å². The molecule has 1 aromatic heterocycles. The van der Waals surface area contributed by atoms with E-state index in [0.717, 1.165) is 30.6 Å². The van der Waals surface area contributed by atoms with Gasteiger partial charge in [0.1, 0.15) is 11.9 Å². The molecule has 0 unspecified atom stereocenters. The molecular formula is C16H14FN3O. The van der Waals surface area contributed by atoms with Gasteiger partial charge >= 0.3 is 0 Å². The molecule has 5 heteroatoms. The van der Waals surface area contributed by atoms with E-state index in [1.807, 2.05) is 13.1 Å². The number of carbonyl (C=O) groups excluding carboxylic acids is 1. The van der Waals surface area contributed by atoms with Gasteiger partial charge in [-0.2, -0.15) is 5.26 Å². The second-order valence-corrected chi connectivity index (χ2v) is 5.19. The molecule has 2 heterocycles. The van der Waals surface area contributed by atoms with Gasteiger partial charge in [-0.05, 0) is 43.5 Å². The van der Waals surface area contributed by atoms with Crippen molar-refractivity contribution in [3.8, 4) is 6.07 Å². The molecule has 4 nitrogen and oxygen atoms in total. The quantitative estimate of drug-likeness (QED) is 0.921. The van der Waals surface area contributed by atoms with Gasteiger partial charge in [0, 0.05) is 24.1 Å². The Balaban J connectivity index is 1.89. The Kier molecular flexibility index (Phi) is 3.22. The normalized spacial score (nSPS) is 12.8. The maximum Gasteiger partial charge on any atom is 0.257 e. The molecular weight excluding hydrogens is 269 g/mol. The highest BCUT2D eigenvalue weighted by Crippen LogP contribution is 2.25. The SMILES string of the molecule is Cc1cn2c(c1C(=O)Nc1ccc(F)c(C#N)c1)CCC2. The van der Waals surface area contributed by atoms with Crippen LogP contribution in [0.15, 0.2) is 24.4 Å². The van der Waals surface area contributed by atoms with E-state index in [9.17, 15) is 9.18 Å². The average Bonchev–Trinajstić information content (AvgIpc) is 3.00. The minimum atomic E-state index is -0.587. The molecule has 0 fully saturated rings. The number of fused-ring (bicyclic) bond motifs is 1. The Hall–Kier alpha value is -2.61. The first-order chi connectivity index (χ1) is 10.1. The van der Waals surface area contributed by atoms with E-state index in [1.54, 1.807) is 6.07 Å². The zero-order valence-electron chi connectivity index (χ0n) is 11.6. The lowest BCUT2D eigenvalue weighted by atomic mass is 10.1. The van der Waals surface area contributed by atoms with Crippen molar-refractivity contribution in [2.75, 3.05) is 5.32 Å². The number of nitrogens with zero attached hydrogens (tertiary/aromatic N) is 2. The number of rotatable bonds is 2. The Morgan fingerprint density at radius 1 is 1.48 bits per heavy atom. The zero-order valence-corrected chi connectivity index (χ0v) is 11.6. The predicted molar refractivity (Wildman–Crippen MR) is 76.6 cm³/mol. The van der Waals surface area contributed by atoms with E-state index in [2.05, 4.69) is 9.88 Å². The van der Waals surface area contributed by atoms with Crippen molar-refractivity contribution in [3.05, 3.63) is 52.6 Å². The fourth-order valence-electron chi connectivity index (χ4n) is 2.82. The number of nitrogens with one attached hydrogen (secondary N) is 1. The summed E-state index contributed by atoms with van der Waals surface area (Å²) in [5, 5.41) is 11.6. The monoisotopic (exact) mass is 283 g/mol. The lowest BCUT2D eigenvalue weighted by Crippen LogP contribution is -2.14. The van der Waals surface area contributed by atoms with Crippen LogP contribution in [-0.2, 0) is 13.0 Å². The zero-order chi connectivity index (χ0) is 15.0. The Morgan fingerprint density at radius 2 is 2.29 bits per heavy atom. The van der Waals surface area contributed by atoms with E-state index in [0.29, 0.717) is 11.3 Å². The molecule has 1 aliphatic heterocycles. The van der Waals surface area contributed by atoms with Crippen LogP contribution in [0.1, 0.15) is 33.6 Å². The standard InChI is InChI=1S/C16H14FN3O/c1-10-9-20-6-2-3-14(20)15(10)16(21)19-12-4-5-13(17)11(7-12)8-18/h4-5,7,9H,2-3,6H2,1H3,(H,19,21). The smallest absolute Gasteiger partial charge is 0.257 e. The lowest BCUT2D eigenvalue weighted by molar-refractivity contribution is 0.102. The highest BCUT2D eigenvalue weighted by Gasteiger charge is 2.22. The number of nitriles is 1. The molecule has 2 aromatic rings. The maximum atomic E-state index is 13.3. The van der Waals surface area contributed by atoms with Crippen LogP contribution in [0.3, 0.4) is 0 Å². The van der Waals surface area contributed by atoms with Gasteiger partial charge in [0.2, 0.25) is 0 Å². The molecule has 0 atom stereocenters. The third kappa shape index (κ3) is 2.29. The van der Waals surface area contributed by atoms with E-state index < -0.39 is 5.82 Å². The van der Waals surface area contributed by atoms with Crippen LogP contribution in [0.4, 0.5) is 10.1 Å². The molecule has 106 valence electrons. The molecule has 1 amide bonds. The van der Waals surface area contributed by atoms with Crippen molar-refractivity contribution in [1.82, 2.24) is 4.57 Å². The van der Waals surface area contributed by atoms with Gasteiger partial charge in [-0.15, -0.1) is 0 Å². The number of carbonyl (C=O) groups is 1. The molecule has 3 rings (SSSR count). The summed E-state index contributed by atoms with van der Waals surface area (Å²) in [6, 6.07) is 5.76. The largest absolute Gasteiger partial charge is 0.350 e. The van der Waals surface area contributed by atoms with E-state index in [4.69, 9.17) is 5.26 Å². The Morgan fingerprint density at radius 3 is 3.05 bits per heavy atom. The summed E-state index contributed by atoms with van der Waals surface area (Å²) in [4.78, 5) is 12.4. The van der Waals surface area contributed by atoms with Crippen LogP contribution < -0.4 is 5.32 Å². The predicted octanol–water partition coefficient (Wildman–Crippen LogP) is 3.01. The van der Waals surface area contributed by atoms with E-state index in [1.165, 1.54) is 18.2 Å². The molecule has 0 saturated heterocycles. The van der Waals surface area contributed by atoms with Crippen molar-refractivity contribution >= 4 is 11.6 Å². The number of aryl methyl sites for hydroxylation is 2. The molecule has 1 N–H and O–H groups in total. The summed E-state index contributed by atoms with van der Waals surface area (Å²) < 4.78 is 15.4. The molecule has 1 aliphatic rings. The number of anilines is 1. The molecule has 0 aliphatic carbocycles. The van der Waals surface area contributed by atoms with Crippen molar-refractivity contribution in [3.63, 3.8) is 0 Å². The first-order valence-electron chi connectivity index (χ1n) is 6.80. The Labute approximate surface area is 121 Å². The molecule has 21 heavy (non-hydrogen) atoms. The summed E-state index contributed by atoms with van der Waals surface area (Å²) in [5.41, 5.74) is 3.02. The molecule has 0 saturated carbocycles. The van der Waals surface area contributed by atoms with E-state index >= 15 is 0 Å². The first-order valence-corrected chi connectivity index (χ1v) is 6.80. The van der Waals surface area contributed by atoms with Crippen molar-refractivity contribution in [2.24, 2.45) is 0 Å². The number of halogens is 1. The molecule has 0 radical (unpaired) electrons. The fourth-order valence-corrected chi connectivity index (χ4v) is 2.82. The second kappa shape index (κ2) is 5.06. The number of aromatic nitrogens is 1. The van der Waals surface area contributed by atoms with Crippen LogP contribution in [0, 0.1) is 24.1 Å². The third-order valence-corrected chi connectivity index (χ3v) is 3.76. The number of hydrogen-bond acceptors (Lipinski definition) is 2. The maximum absolute atomic E-state index is 13.3. The van der Waals surface area contributed by atoms with Gasteiger partial charge in [-0.3, -0.25) is 4.79 Å². The van der Waals surface area contributed by atoms with Crippen molar-refractivity contribution in [1.29, 1.82) is 5.26 Å². The summed E-state index contributed by atoms with van der Waals surface area (Å²) in [6.45, 7) is 2.85. The molecule has 1 aromatic carbocycles. The highest BCUT2D eigenvalue weighted by molar-refractivity contribution is 6.06. The van der Waals surface area contributed by atoms with Gasteiger partial charge in [0.05, 0.1) is 11.1 Å². The minimum absolute atomic E-state index is 0.0772. The van der Waals surface area contributed by atoms with Crippen LogP contribution in [0.25, 0.3) is 0 Å². The number of hydrogen-bond donors (Lipinski definition) is 1. The first kappa shape index (κ1) is 13.4. The highest BCUT2D eigenvalue weighted by atomic mass is 19.1.